The largest absolute Gasteiger partial charge is 0.298 e. The third-order valence-electron chi connectivity index (χ3n) is 2.38. The molecule has 96 valence electrons. The van der Waals surface area contributed by atoms with Crippen LogP contribution in [0.2, 0.25) is 0 Å². The molecule has 0 saturated heterocycles. The van der Waals surface area contributed by atoms with Gasteiger partial charge in [-0.15, -0.1) is 0 Å². The lowest BCUT2D eigenvalue weighted by Gasteiger charge is -2.19. The predicted molar refractivity (Wildman–Crippen MR) is 72.0 cm³/mol. The van der Waals surface area contributed by atoms with Gasteiger partial charge in [0.15, 0.2) is 0 Å². The van der Waals surface area contributed by atoms with Gasteiger partial charge in [0.25, 0.3) is 10.1 Å². The third kappa shape index (κ3) is 2.71. The van der Waals surface area contributed by atoms with E-state index in [1.165, 1.54) is 0 Å². The summed E-state index contributed by atoms with van der Waals surface area (Å²) in [4.78, 5) is 0.218. The summed E-state index contributed by atoms with van der Waals surface area (Å²) in [5.74, 6) is 0. The predicted octanol–water partition coefficient (Wildman–Crippen LogP) is 3.34. The van der Waals surface area contributed by atoms with Crippen molar-refractivity contribution >= 4 is 20.9 Å². The van der Waals surface area contributed by atoms with E-state index in [9.17, 15) is 8.42 Å². The van der Waals surface area contributed by atoms with Gasteiger partial charge in [0.05, 0.1) is 5.60 Å². The van der Waals surface area contributed by atoms with Crippen LogP contribution >= 0.6 is 0 Å². The molecule has 0 saturated carbocycles. The van der Waals surface area contributed by atoms with E-state index < -0.39 is 15.7 Å². The first kappa shape index (κ1) is 13.1. The molecule has 0 bridgehead atoms. The topological polar surface area (TPSA) is 43.4 Å². The summed E-state index contributed by atoms with van der Waals surface area (Å²) < 4.78 is 29.7. The van der Waals surface area contributed by atoms with E-state index in [0.29, 0.717) is 5.39 Å². The Morgan fingerprint density at radius 1 is 0.944 bits per heavy atom. The maximum atomic E-state index is 12.2. The van der Waals surface area contributed by atoms with Gasteiger partial charge in [-0.05, 0) is 32.2 Å². The molecule has 0 aromatic heterocycles. The Morgan fingerprint density at radius 3 is 2.22 bits per heavy atom. The first-order chi connectivity index (χ1) is 8.30. The Morgan fingerprint density at radius 2 is 1.56 bits per heavy atom. The SMILES string of the molecule is CC(C)(C)OS(=O)(=O)c1cccc2ccccc12. The van der Waals surface area contributed by atoms with Crippen LogP contribution in [0.1, 0.15) is 20.8 Å². The van der Waals surface area contributed by atoms with Gasteiger partial charge >= 0.3 is 0 Å². The Bertz CT molecular complexity index is 661. The number of hydrogen-bond acceptors (Lipinski definition) is 3. The van der Waals surface area contributed by atoms with Crippen LogP contribution in [-0.4, -0.2) is 14.0 Å². The van der Waals surface area contributed by atoms with Crippen LogP contribution in [0.15, 0.2) is 47.4 Å². The van der Waals surface area contributed by atoms with Crippen LogP contribution in [0.5, 0.6) is 0 Å². The summed E-state index contributed by atoms with van der Waals surface area (Å²) in [6.07, 6.45) is 0. The van der Waals surface area contributed by atoms with Gasteiger partial charge in [0.2, 0.25) is 0 Å². The Kier molecular flexibility index (Phi) is 3.17. The minimum Gasteiger partial charge on any atom is -0.261 e. The second kappa shape index (κ2) is 4.37. The van der Waals surface area contributed by atoms with Crippen molar-refractivity contribution in [2.75, 3.05) is 0 Å². The van der Waals surface area contributed by atoms with Crippen LogP contribution in [0, 0.1) is 0 Å². The van der Waals surface area contributed by atoms with Gasteiger partial charge < -0.3 is 0 Å². The average Bonchev–Trinajstić information content (AvgIpc) is 2.25. The van der Waals surface area contributed by atoms with Crippen molar-refractivity contribution in [2.45, 2.75) is 31.3 Å². The summed E-state index contributed by atoms with van der Waals surface area (Å²) in [6.45, 7) is 5.15. The van der Waals surface area contributed by atoms with E-state index in [2.05, 4.69) is 0 Å². The number of hydrogen-bond donors (Lipinski definition) is 0. The van der Waals surface area contributed by atoms with Crippen molar-refractivity contribution < 1.29 is 12.6 Å². The molecule has 0 fully saturated rings. The zero-order chi connectivity index (χ0) is 13.4. The number of fused-ring (bicyclic) bond motifs is 1. The molecule has 0 N–H and O–H groups in total. The van der Waals surface area contributed by atoms with Crippen molar-refractivity contribution in [1.29, 1.82) is 0 Å². The molecule has 0 radical (unpaired) electrons. The standard InChI is InChI=1S/C14H16O3S/c1-14(2,3)17-18(15,16)13-10-6-8-11-7-4-5-9-12(11)13/h4-10H,1-3H3. The lowest BCUT2D eigenvalue weighted by Crippen LogP contribution is -2.24. The molecule has 0 spiro atoms. The Hall–Kier alpha value is -1.39. The quantitative estimate of drug-likeness (QED) is 0.781. The zero-order valence-electron chi connectivity index (χ0n) is 10.7. The molecule has 0 heterocycles. The van der Waals surface area contributed by atoms with Gasteiger partial charge in [-0.25, -0.2) is 0 Å². The number of rotatable bonds is 2. The van der Waals surface area contributed by atoms with Crippen LogP contribution < -0.4 is 0 Å². The van der Waals surface area contributed by atoms with Crippen molar-refractivity contribution in [3.05, 3.63) is 42.5 Å². The molecule has 0 aliphatic carbocycles. The first-order valence-corrected chi connectivity index (χ1v) is 7.14. The van der Waals surface area contributed by atoms with Crippen LogP contribution in [0.3, 0.4) is 0 Å². The van der Waals surface area contributed by atoms with E-state index in [-0.39, 0.29) is 4.90 Å². The van der Waals surface area contributed by atoms with Crippen molar-refractivity contribution in [3.8, 4) is 0 Å². The fraction of sp³-hybridized carbons (Fsp3) is 0.286. The van der Waals surface area contributed by atoms with Crippen molar-refractivity contribution in [3.63, 3.8) is 0 Å². The fourth-order valence-corrected chi connectivity index (χ4v) is 3.24. The molecule has 4 heteroatoms. The molecule has 2 aromatic carbocycles. The highest BCUT2D eigenvalue weighted by Crippen LogP contribution is 2.26. The monoisotopic (exact) mass is 264 g/mol. The number of benzene rings is 2. The molecule has 18 heavy (non-hydrogen) atoms. The lowest BCUT2D eigenvalue weighted by molar-refractivity contribution is 0.140. The van der Waals surface area contributed by atoms with Crippen LogP contribution in [0.4, 0.5) is 0 Å². The summed E-state index contributed by atoms with van der Waals surface area (Å²) in [5, 5.41) is 1.57. The summed E-state index contributed by atoms with van der Waals surface area (Å²) in [5.41, 5.74) is -0.740. The van der Waals surface area contributed by atoms with E-state index in [4.69, 9.17) is 4.18 Å². The Labute approximate surface area is 108 Å². The molecule has 0 aliphatic heterocycles. The summed E-state index contributed by atoms with van der Waals surface area (Å²) in [7, 11) is -3.74. The van der Waals surface area contributed by atoms with Crippen LogP contribution in [-0.2, 0) is 14.3 Å². The minimum absolute atomic E-state index is 0.218. The highest BCUT2D eigenvalue weighted by molar-refractivity contribution is 7.87. The second-order valence-electron chi connectivity index (χ2n) is 5.13. The van der Waals surface area contributed by atoms with E-state index in [1.54, 1.807) is 39.0 Å². The highest BCUT2D eigenvalue weighted by atomic mass is 32.2. The molecule has 2 aromatic rings. The van der Waals surface area contributed by atoms with Gasteiger partial charge in [-0.1, -0.05) is 36.4 Å². The molecule has 2 rings (SSSR count). The summed E-state index contributed by atoms with van der Waals surface area (Å²) >= 11 is 0. The van der Waals surface area contributed by atoms with Gasteiger partial charge in [-0.3, -0.25) is 4.18 Å². The summed E-state index contributed by atoms with van der Waals surface area (Å²) in [6, 6.07) is 12.5. The molecular formula is C14H16O3S. The maximum Gasteiger partial charge on any atom is 0.298 e. The van der Waals surface area contributed by atoms with E-state index in [0.717, 1.165) is 5.39 Å². The first-order valence-electron chi connectivity index (χ1n) is 5.73. The van der Waals surface area contributed by atoms with Crippen molar-refractivity contribution in [2.24, 2.45) is 0 Å². The zero-order valence-corrected chi connectivity index (χ0v) is 11.5. The molecule has 0 amide bonds. The third-order valence-corrected chi connectivity index (χ3v) is 3.99. The molecule has 3 nitrogen and oxygen atoms in total. The lowest BCUT2D eigenvalue weighted by atomic mass is 10.1. The minimum atomic E-state index is -3.74. The second-order valence-corrected chi connectivity index (χ2v) is 6.64. The molecule has 0 unspecified atom stereocenters. The van der Waals surface area contributed by atoms with Gasteiger partial charge in [-0.2, -0.15) is 8.42 Å². The van der Waals surface area contributed by atoms with E-state index in [1.807, 2.05) is 24.3 Å². The average molecular weight is 264 g/mol. The van der Waals surface area contributed by atoms with Crippen LogP contribution in [0.25, 0.3) is 10.8 Å². The normalized spacial score (nSPS) is 12.8. The molecule has 0 aliphatic rings. The fourth-order valence-electron chi connectivity index (χ4n) is 1.79. The maximum absolute atomic E-state index is 12.2. The van der Waals surface area contributed by atoms with Gasteiger partial charge in [0.1, 0.15) is 4.90 Å². The van der Waals surface area contributed by atoms with Crippen molar-refractivity contribution in [1.82, 2.24) is 0 Å². The highest BCUT2D eigenvalue weighted by Gasteiger charge is 2.25. The molecule has 0 atom stereocenters. The van der Waals surface area contributed by atoms with E-state index >= 15 is 0 Å². The van der Waals surface area contributed by atoms with Gasteiger partial charge in [0, 0.05) is 5.39 Å². The Balaban J connectivity index is 2.61. The molecular weight excluding hydrogens is 248 g/mol. The smallest absolute Gasteiger partial charge is 0.261 e.